The molecule has 1 aromatic heterocycles. The van der Waals surface area contributed by atoms with E-state index in [0.717, 1.165) is 13.0 Å². The molecule has 1 saturated heterocycles. The predicted octanol–water partition coefficient (Wildman–Crippen LogP) is 1.51. The van der Waals surface area contributed by atoms with Crippen LogP contribution in [0.5, 0.6) is 0 Å². The first kappa shape index (κ1) is 10.6. The summed E-state index contributed by atoms with van der Waals surface area (Å²) < 4.78 is 0. The molecule has 3 nitrogen and oxygen atoms in total. The summed E-state index contributed by atoms with van der Waals surface area (Å²) in [5, 5.41) is 8.29. The maximum Gasteiger partial charge on any atom is 0.221 e. The zero-order valence-electron chi connectivity index (χ0n) is 8.66. The molecule has 1 aromatic rings. The van der Waals surface area contributed by atoms with Crippen LogP contribution in [-0.2, 0) is 11.3 Å². The smallest absolute Gasteiger partial charge is 0.221 e. The third-order valence-corrected chi connectivity index (χ3v) is 3.51. The van der Waals surface area contributed by atoms with Gasteiger partial charge in [0.1, 0.15) is 0 Å². The van der Waals surface area contributed by atoms with E-state index in [1.165, 1.54) is 11.3 Å². The SMILES string of the molecule is O=C(CC1CCCN1)NCc1cccs1. The van der Waals surface area contributed by atoms with Crippen molar-refractivity contribution in [3.05, 3.63) is 22.4 Å². The number of hydrogen-bond donors (Lipinski definition) is 2. The molecule has 0 radical (unpaired) electrons. The number of carbonyl (C=O) groups is 1. The van der Waals surface area contributed by atoms with Crippen molar-refractivity contribution < 1.29 is 4.79 Å². The van der Waals surface area contributed by atoms with Crippen LogP contribution in [-0.4, -0.2) is 18.5 Å². The Morgan fingerprint density at radius 3 is 3.27 bits per heavy atom. The molecule has 0 saturated carbocycles. The van der Waals surface area contributed by atoms with Crippen LogP contribution in [0.1, 0.15) is 24.1 Å². The van der Waals surface area contributed by atoms with Crippen LogP contribution in [0.25, 0.3) is 0 Å². The average Bonchev–Trinajstić information content (AvgIpc) is 2.86. The largest absolute Gasteiger partial charge is 0.351 e. The minimum atomic E-state index is 0.155. The van der Waals surface area contributed by atoms with Gasteiger partial charge in [0, 0.05) is 17.3 Å². The molecule has 1 unspecified atom stereocenters. The lowest BCUT2D eigenvalue weighted by Crippen LogP contribution is -2.31. The topological polar surface area (TPSA) is 41.1 Å². The minimum Gasteiger partial charge on any atom is -0.351 e. The van der Waals surface area contributed by atoms with E-state index >= 15 is 0 Å². The molecule has 2 rings (SSSR count). The number of nitrogens with one attached hydrogen (secondary N) is 2. The molecule has 2 N–H and O–H groups in total. The van der Waals surface area contributed by atoms with Gasteiger partial charge in [0.2, 0.25) is 5.91 Å². The normalized spacial score (nSPS) is 20.4. The summed E-state index contributed by atoms with van der Waals surface area (Å²) in [7, 11) is 0. The second kappa shape index (κ2) is 5.28. The van der Waals surface area contributed by atoms with Crippen LogP contribution in [0.4, 0.5) is 0 Å². The number of thiophene rings is 1. The molecule has 2 heterocycles. The third-order valence-electron chi connectivity index (χ3n) is 2.63. The van der Waals surface area contributed by atoms with Gasteiger partial charge in [-0.1, -0.05) is 6.07 Å². The van der Waals surface area contributed by atoms with Crippen molar-refractivity contribution >= 4 is 17.2 Å². The minimum absolute atomic E-state index is 0.155. The van der Waals surface area contributed by atoms with Crippen molar-refractivity contribution in [1.29, 1.82) is 0 Å². The first-order valence-electron chi connectivity index (χ1n) is 5.37. The third kappa shape index (κ3) is 3.32. The molecule has 4 heteroatoms. The molecule has 1 amide bonds. The van der Waals surface area contributed by atoms with Gasteiger partial charge in [0.15, 0.2) is 0 Å². The molecule has 1 fully saturated rings. The molecule has 15 heavy (non-hydrogen) atoms. The Balaban J connectivity index is 1.68. The monoisotopic (exact) mass is 224 g/mol. The van der Waals surface area contributed by atoms with Crippen LogP contribution < -0.4 is 10.6 Å². The fourth-order valence-corrected chi connectivity index (χ4v) is 2.47. The van der Waals surface area contributed by atoms with Gasteiger partial charge in [-0.3, -0.25) is 4.79 Å². The summed E-state index contributed by atoms with van der Waals surface area (Å²) in [6.07, 6.45) is 2.95. The molecule has 1 aliphatic heterocycles. The van der Waals surface area contributed by atoms with Gasteiger partial charge >= 0.3 is 0 Å². The Hall–Kier alpha value is -0.870. The quantitative estimate of drug-likeness (QED) is 0.814. The maximum atomic E-state index is 11.5. The lowest BCUT2D eigenvalue weighted by Gasteiger charge is -2.09. The zero-order valence-corrected chi connectivity index (χ0v) is 9.48. The van der Waals surface area contributed by atoms with Gasteiger partial charge in [-0.2, -0.15) is 0 Å². The molecular weight excluding hydrogens is 208 g/mol. The number of carbonyl (C=O) groups excluding carboxylic acids is 1. The molecule has 1 aliphatic rings. The Labute approximate surface area is 93.9 Å². The van der Waals surface area contributed by atoms with Crippen LogP contribution >= 0.6 is 11.3 Å². The summed E-state index contributed by atoms with van der Waals surface area (Å²) in [4.78, 5) is 12.8. The van der Waals surface area contributed by atoms with Crippen molar-refractivity contribution in [3.63, 3.8) is 0 Å². The predicted molar refractivity (Wildman–Crippen MR) is 61.8 cm³/mol. The van der Waals surface area contributed by atoms with Gasteiger partial charge in [-0.15, -0.1) is 11.3 Å². The average molecular weight is 224 g/mol. The van der Waals surface area contributed by atoms with E-state index in [2.05, 4.69) is 10.6 Å². The number of hydrogen-bond acceptors (Lipinski definition) is 3. The summed E-state index contributed by atoms with van der Waals surface area (Å²) in [5.74, 6) is 0.155. The molecule has 0 spiro atoms. The molecule has 82 valence electrons. The molecule has 1 atom stereocenters. The molecular formula is C11H16N2OS. The molecule has 0 aliphatic carbocycles. The van der Waals surface area contributed by atoms with Crippen molar-refractivity contribution in [2.75, 3.05) is 6.54 Å². The standard InChI is InChI=1S/C11H16N2OS/c14-11(7-9-3-1-5-12-9)13-8-10-4-2-6-15-10/h2,4,6,9,12H,1,3,5,7-8H2,(H,13,14). The molecule has 0 bridgehead atoms. The van der Waals surface area contributed by atoms with Gasteiger partial charge < -0.3 is 10.6 Å². The summed E-state index contributed by atoms with van der Waals surface area (Å²) in [5.41, 5.74) is 0. The van der Waals surface area contributed by atoms with E-state index in [1.54, 1.807) is 11.3 Å². The van der Waals surface area contributed by atoms with E-state index in [0.29, 0.717) is 19.0 Å². The van der Waals surface area contributed by atoms with E-state index < -0.39 is 0 Å². The van der Waals surface area contributed by atoms with Gasteiger partial charge in [0.05, 0.1) is 6.54 Å². The summed E-state index contributed by atoms with van der Waals surface area (Å²) >= 11 is 1.68. The fraction of sp³-hybridized carbons (Fsp3) is 0.545. The Bertz CT molecular complexity index is 304. The summed E-state index contributed by atoms with van der Waals surface area (Å²) in [6.45, 7) is 1.73. The van der Waals surface area contributed by atoms with Gasteiger partial charge in [-0.05, 0) is 30.8 Å². The highest BCUT2D eigenvalue weighted by atomic mass is 32.1. The van der Waals surface area contributed by atoms with Crippen LogP contribution in [0, 0.1) is 0 Å². The lowest BCUT2D eigenvalue weighted by molar-refractivity contribution is -0.121. The van der Waals surface area contributed by atoms with E-state index in [9.17, 15) is 4.79 Å². The fourth-order valence-electron chi connectivity index (χ4n) is 1.83. The second-order valence-electron chi connectivity index (χ2n) is 3.85. The Morgan fingerprint density at radius 2 is 2.60 bits per heavy atom. The lowest BCUT2D eigenvalue weighted by atomic mass is 10.1. The van der Waals surface area contributed by atoms with Crippen LogP contribution in [0.3, 0.4) is 0 Å². The Morgan fingerprint density at radius 1 is 1.67 bits per heavy atom. The molecule has 0 aromatic carbocycles. The van der Waals surface area contributed by atoms with Crippen molar-refractivity contribution in [1.82, 2.24) is 10.6 Å². The first-order chi connectivity index (χ1) is 7.34. The van der Waals surface area contributed by atoms with Crippen molar-refractivity contribution in [2.24, 2.45) is 0 Å². The highest BCUT2D eigenvalue weighted by Gasteiger charge is 2.17. The highest BCUT2D eigenvalue weighted by molar-refractivity contribution is 7.09. The van der Waals surface area contributed by atoms with Crippen molar-refractivity contribution in [3.8, 4) is 0 Å². The van der Waals surface area contributed by atoms with E-state index in [4.69, 9.17) is 0 Å². The van der Waals surface area contributed by atoms with Crippen LogP contribution in [0.2, 0.25) is 0 Å². The van der Waals surface area contributed by atoms with Crippen LogP contribution in [0.15, 0.2) is 17.5 Å². The van der Waals surface area contributed by atoms with Crippen molar-refractivity contribution in [2.45, 2.75) is 31.8 Å². The van der Waals surface area contributed by atoms with Gasteiger partial charge in [0.25, 0.3) is 0 Å². The van der Waals surface area contributed by atoms with E-state index in [1.807, 2.05) is 17.5 Å². The number of amides is 1. The van der Waals surface area contributed by atoms with Gasteiger partial charge in [-0.25, -0.2) is 0 Å². The zero-order chi connectivity index (χ0) is 10.5. The number of rotatable bonds is 4. The second-order valence-corrected chi connectivity index (χ2v) is 4.89. The highest BCUT2D eigenvalue weighted by Crippen LogP contribution is 2.10. The first-order valence-corrected chi connectivity index (χ1v) is 6.25. The maximum absolute atomic E-state index is 11.5. The van der Waals surface area contributed by atoms with E-state index in [-0.39, 0.29) is 5.91 Å². The Kier molecular flexibility index (Phi) is 3.75. The summed E-state index contributed by atoms with van der Waals surface area (Å²) in [6, 6.07) is 4.44.